The monoisotopic (exact) mass is 291 g/mol. The average molecular weight is 291 g/mol. The van der Waals surface area contributed by atoms with Crippen molar-refractivity contribution in [1.82, 2.24) is 4.98 Å². The summed E-state index contributed by atoms with van der Waals surface area (Å²) in [4.78, 5) is 28.0. The topological polar surface area (TPSA) is 94.3 Å². The summed E-state index contributed by atoms with van der Waals surface area (Å²) in [7, 11) is 1.30. The number of hydrogen-bond donors (Lipinski definition) is 2. The number of ether oxygens (including phenoxy) is 1. The van der Waals surface area contributed by atoms with Crippen LogP contribution in [0.25, 0.3) is 0 Å². The standard InChI is InChI=1S/C13H13N3O3S/c1-7-10(20-13(14)15-7)11(17)16-9-5-3-4-8(6-9)12(18)19-2/h3-6H,1-2H3,(H2,14,15)(H,16,17). The number of hydrogen-bond acceptors (Lipinski definition) is 6. The van der Waals surface area contributed by atoms with Crippen molar-refractivity contribution < 1.29 is 14.3 Å². The molecule has 1 aromatic heterocycles. The molecule has 20 heavy (non-hydrogen) atoms. The third-order valence-electron chi connectivity index (χ3n) is 2.56. The van der Waals surface area contributed by atoms with E-state index in [2.05, 4.69) is 15.0 Å². The molecule has 1 amide bonds. The maximum atomic E-state index is 12.1. The van der Waals surface area contributed by atoms with Crippen LogP contribution in [0.15, 0.2) is 24.3 Å². The van der Waals surface area contributed by atoms with Crippen LogP contribution in [-0.2, 0) is 4.74 Å². The summed E-state index contributed by atoms with van der Waals surface area (Å²) in [5.74, 6) is -0.766. The van der Waals surface area contributed by atoms with Gasteiger partial charge in [0.25, 0.3) is 5.91 Å². The van der Waals surface area contributed by atoms with Gasteiger partial charge in [-0.25, -0.2) is 9.78 Å². The Kier molecular flexibility index (Phi) is 3.99. The zero-order valence-corrected chi connectivity index (χ0v) is 11.8. The maximum absolute atomic E-state index is 12.1. The first kappa shape index (κ1) is 14.0. The van der Waals surface area contributed by atoms with E-state index >= 15 is 0 Å². The van der Waals surface area contributed by atoms with Crippen molar-refractivity contribution in [2.45, 2.75) is 6.92 Å². The molecule has 1 heterocycles. The highest BCUT2D eigenvalue weighted by atomic mass is 32.1. The molecule has 0 spiro atoms. The van der Waals surface area contributed by atoms with Crippen LogP contribution in [0.5, 0.6) is 0 Å². The van der Waals surface area contributed by atoms with Crippen molar-refractivity contribution in [1.29, 1.82) is 0 Å². The predicted octanol–water partition coefficient (Wildman–Crippen LogP) is 2.07. The van der Waals surface area contributed by atoms with Crippen molar-refractivity contribution in [3.63, 3.8) is 0 Å². The summed E-state index contributed by atoms with van der Waals surface area (Å²) in [6.07, 6.45) is 0. The quantitative estimate of drug-likeness (QED) is 0.844. The van der Waals surface area contributed by atoms with E-state index in [4.69, 9.17) is 5.73 Å². The van der Waals surface area contributed by atoms with Gasteiger partial charge in [-0.15, -0.1) is 0 Å². The van der Waals surface area contributed by atoms with Crippen molar-refractivity contribution in [3.05, 3.63) is 40.4 Å². The fraction of sp³-hybridized carbons (Fsp3) is 0.154. The van der Waals surface area contributed by atoms with Gasteiger partial charge in [0.05, 0.1) is 18.4 Å². The summed E-state index contributed by atoms with van der Waals surface area (Å²) in [6, 6.07) is 6.50. The van der Waals surface area contributed by atoms with Crippen LogP contribution < -0.4 is 11.1 Å². The van der Waals surface area contributed by atoms with E-state index in [9.17, 15) is 9.59 Å². The Morgan fingerprint density at radius 1 is 1.40 bits per heavy atom. The molecule has 1 aromatic carbocycles. The molecule has 0 aliphatic rings. The highest BCUT2D eigenvalue weighted by Gasteiger charge is 2.15. The van der Waals surface area contributed by atoms with E-state index in [0.717, 1.165) is 11.3 Å². The minimum absolute atomic E-state index is 0.307. The van der Waals surface area contributed by atoms with Gasteiger partial charge in [-0.3, -0.25) is 4.79 Å². The van der Waals surface area contributed by atoms with Crippen molar-refractivity contribution in [2.24, 2.45) is 0 Å². The van der Waals surface area contributed by atoms with Crippen LogP contribution >= 0.6 is 11.3 Å². The lowest BCUT2D eigenvalue weighted by molar-refractivity contribution is 0.0600. The largest absolute Gasteiger partial charge is 0.465 e. The number of nitrogens with zero attached hydrogens (tertiary/aromatic N) is 1. The number of carbonyl (C=O) groups is 2. The highest BCUT2D eigenvalue weighted by molar-refractivity contribution is 7.17. The molecular formula is C13H13N3O3S. The average Bonchev–Trinajstić information content (AvgIpc) is 2.77. The molecule has 0 saturated carbocycles. The van der Waals surface area contributed by atoms with Crippen molar-refractivity contribution in [2.75, 3.05) is 18.2 Å². The van der Waals surface area contributed by atoms with Gasteiger partial charge in [0, 0.05) is 5.69 Å². The van der Waals surface area contributed by atoms with Crippen LogP contribution in [0, 0.1) is 6.92 Å². The number of rotatable bonds is 3. The van der Waals surface area contributed by atoms with Crippen LogP contribution in [0.4, 0.5) is 10.8 Å². The van der Waals surface area contributed by atoms with E-state index in [1.54, 1.807) is 31.2 Å². The first-order chi connectivity index (χ1) is 9.51. The Bertz CT molecular complexity index is 667. The zero-order valence-electron chi connectivity index (χ0n) is 11.0. The summed E-state index contributed by atoms with van der Waals surface area (Å²) in [5, 5.41) is 3.04. The van der Waals surface area contributed by atoms with E-state index < -0.39 is 5.97 Å². The van der Waals surface area contributed by atoms with Gasteiger partial charge >= 0.3 is 5.97 Å². The summed E-state index contributed by atoms with van der Waals surface area (Å²) in [6.45, 7) is 1.71. The predicted molar refractivity (Wildman–Crippen MR) is 77.0 cm³/mol. The number of amides is 1. The Hall–Kier alpha value is -2.41. The van der Waals surface area contributed by atoms with Crippen LogP contribution in [0.1, 0.15) is 25.7 Å². The van der Waals surface area contributed by atoms with E-state index in [-0.39, 0.29) is 5.91 Å². The number of nitrogens with two attached hydrogens (primary N) is 1. The van der Waals surface area contributed by atoms with Gasteiger partial charge in [-0.05, 0) is 25.1 Å². The minimum atomic E-state index is -0.459. The maximum Gasteiger partial charge on any atom is 0.337 e. The van der Waals surface area contributed by atoms with Gasteiger partial charge < -0.3 is 15.8 Å². The molecule has 2 aromatic rings. The molecule has 0 atom stereocenters. The lowest BCUT2D eigenvalue weighted by Gasteiger charge is -2.05. The second-order valence-electron chi connectivity index (χ2n) is 3.99. The Morgan fingerprint density at radius 2 is 2.15 bits per heavy atom. The zero-order chi connectivity index (χ0) is 14.7. The minimum Gasteiger partial charge on any atom is -0.465 e. The fourth-order valence-electron chi connectivity index (χ4n) is 1.66. The molecular weight excluding hydrogens is 278 g/mol. The number of aromatic nitrogens is 1. The number of aryl methyl sites for hydroxylation is 1. The van der Waals surface area contributed by atoms with E-state index in [1.165, 1.54) is 7.11 Å². The second kappa shape index (κ2) is 5.70. The molecule has 0 aliphatic heterocycles. The van der Waals surface area contributed by atoms with Gasteiger partial charge in [0.15, 0.2) is 5.13 Å². The van der Waals surface area contributed by atoms with Crippen LogP contribution in [0.3, 0.4) is 0 Å². The molecule has 0 bridgehead atoms. The first-order valence-electron chi connectivity index (χ1n) is 5.74. The Labute approximate surface area is 119 Å². The molecule has 6 nitrogen and oxygen atoms in total. The third kappa shape index (κ3) is 2.94. The molecule has 3 N–H and O–H groups in total. The number of esters is 1. The number of nitrogens with one attached hydrogen (secondary N) is 1. The number of thiazole rings is 1. The lowest BCUT2D eigenvalue weighted by atomic mass is 10.2. The molecule has 104 valence electrons. The van der Waals surface area contributed by atoms with Crippen LogP contribution in [-0.4, -0.2) is 24.0 Å². The Morgan fingerprint density at radius 3 is 2.75 bits per heavy atom. The highest BCUT2D eigenvalue weighted by Crippen LogP contribution is 2.21. The van der Waals surface area contributed by atoms with Gasteiger partial charge in [-0.2, -0.15) is 0 Å². The number of carbonyl (C=O) groups excluding carboxylic acids is 2. The number of methoxy groups -OCH3 is 1. The summed E-state index contributed by atoms with van der Waals surface area (Å²) in [5.41, 5.74) is 7.01. The molecule has 2 rings (SSSR count). The molecule has 0 unspecified atom stereocenters. The van der Waals surface area contributed by atoms with Crippen molar-refractivity contribution in [3.8, 4) is 0 Å². The summed E-state index contributed by atoms with van der Waals surface area (Å²) < 4.78 is 4.63. The van der Waals surface area contributed by atoms with E-state index in [1.807, 2.05) is 0 Å². The van der Waals surface area contributed by atoms with Gasteiger partial charge in [-0.1, -0.05) is 17.4 Å². The Balaban J connectivity index is 2.20. The van der Waals surface area contributed by atoms with Gasteiger partial charge in [0.2, 0.25) is 0 Å². The number of nitrogen functional groups attached to an aromatic ring is 1. The van der Waals surface area contributed by atoms with Gasteiger partial charge in [0.1, 0.15) is 4.88 Å². The molecule has 0 aliphatic carbocycles. The smallest absolute Gasteiger partial charge is 0.337 e. The normalized spacial score (nSPS) is 10.1. The SMILES string of the molecule is COC(=O)c1cccc(NC(=O)c2sc(N)nc2C)c1. The van der Waals surface area contributed by atoms with Crippen molar-refractivity contribution >= 4 is 34.0 Å². The number of benzene rings is 1. The van der Waals surface area contributed by atoms with Crippen LogP contribution in [0.2, 0.25) is 0 Å². The molecule has 0 radical (unpaired) electrons. The van der Waals surface area contributed by atoms with E-state index in [0.29, 0.717) is 27.0 Å². The molecule has 0 saturated heterocycles. The second-order valence-corrected chi connectivity index (χ2v) is 5.02. The third-order valence-corrected chi connectivity index (χ3v) is 3.55. The number of anilines is 2. The molecule has 7 heteroatoms. The fourth-order valence-corrected chi connectivity index (χ4v) is 2.39. The molecule has 0 fully saturated rings. The first-order valence-corrected chi connectivity index (χ1v) is 6.55. The summed E-state index contributed by atoms with van der Waals surface area (Å²) >= 11 is 1.12. The lowest BCUT2D eigenvalue weighted by Crippen LogP contribution is -2.12.